The number of nitrogens with zero attached hydrogens (tertiary/aromatic N) is 2. The van der Waals surface area contributed by atoms with Gasteiger partial charge >= 0.3 is 0 Å². The molecule has 0 unspecified atom stereocenters. The molecule has 0 aliphatic carbocycles. The lowest BCUT2D eigenvalue weighted by atomic mass is 10.2. The van der Waals surface area contributed by atoms with Crippen LogP contribution in [-0.2, 0) is 0 Å². The monoisotopic (exact) mass is 228 g/mol. The van der Waals surface area contributed by atoms with Crippen LogP contribution in [0.4, 0.5) is 0 Å². The highest BCUT2D eigenvalue weighted by molar-refractivity contribution is 5.85. The summed E-state index contributed by atoms with van der Waals surface area (Å²) in [5, 5.41) is 0. The smallest absolute Gasteiger partial charge is 0.137 e. The van der Waals surface area contributed by atoms with Crippen LogP contribution >= 0.6 is 12.4 Å². The SMILES string of the molecule is CN1CCC[C@@H]1COc1cccnc1.Cl. The molecule has 0 spiro atoms. The van der Waals surface area contributed by atoms with Gasteiger partial charge in [-0.2, -0.15) is 0 Å². The summed E-state index contributed by atoms with van der Waals surface area (Å²) in [5.74, 6) is 0.868. The Morgan fingerprint density at radius 2 is 2.47 bits per heavy atom. The van der Waals surface area contributed by atoms with E-state index < -0.39 is 0 Å². The largest absolute Gasteiger partial charge is 0.490 e. The lowest BCUT2D eigenvalue weighted by molar-refractivity contribution is 0.198. The molecule has 1 fully saturated rings. The lowest BCUT2D eigenvalue weighted by Gasteiger charge is -2.19. The minimum Gasteiger partial charge on any atom is -0.490 e. The predicted octanol–water partition coefficient (Wildman–Crippen LogP) is 1.98. The second-order valence-electron chi connectivity index (χ2n) is 3.78. The Bertz CT molecular complexity index is 281. The van der Waals surface area contributed by atoms with Crippen molar-refractivity contribution in [3.05, 3.63) is 24.5 Å². The van der Waals surface area contributed by atoms with Gasteiger partial charge in [0.25, 0.3) is 0 Å². The Labute approximate surface area is 96.9 Å². The first-order valence-electron chi connectivity index (χ1n) is 5.09. The van der Waals surface area contributed by atoms with E-state index >= 15 is 0 Å². The summed E-state index contributed by atoms with van der Waals surface area (Å²) in [6, 6.07) is 4.42. The van der Waals surface area contributed by atoms with E-state index in [1.54, 1.807) is 12.4 Å². The zero-order valence-electron chi connectivity index (χ0n) is 8.93. The van der Waals surface area contributed by atoms with E-state index in [0.29, 0.717) is 6.04 Å². The summed E-state index contributed by atoms with van der Waals surface area (Å²) < 4.78 is 5.66. The summed E-state index contributed by atoms with van der Waals surface area (Å²) in [4.78, 5) is 6.37. The molecule has 3 nitrogen and oxygen atoms in total. The third-order valence-electron chi connectivity index (χ3n) is 2.75. The van der Waals surface area contributed by atoms with Gasteiger partial charge in [-0.3, -0.25) is 4.98 Å². The first-order valence-corrected chi connectivity index (χ1v) is 5.09. The molecule has 1 aliphatic heterocycles. The van der Waals surface area contributed by atoms with Gasteiger partial charge in [0.2, 0.25) is 0 Å². The van der Waals surface area contributed by atoms with Gasteiger partial charge in [-0.25, -0.2) is 0 Å². The van der Waals surface area contributed by atoms with Crippen molar-refractivity contribution in [1.29, 1.82) is 0 Å². The molecule has 0 amide bonds. The van der Waals surface area contributed by atoms with Gasteiger partial charge < -0.3 is 9.64 Å². The summed E-state index contributed by atoms with van der Waals surface area (Å²) in [7, 11) is 2.16. The molecule has 1 aromatic heterocycles. The Kier molecular flexibility index (Phi) is 4.85. The highest BCUT2D eigenvalue weighted by Gasteiger charge is 2.20. The fourth-order valence-electron chi connectivity index (χ4n) is 1.81. The summed E-state index contributed by atoms with van der Waals surface area (Å²) in [5.41, 5.74) is 0. The van der Waals surface area contributed by atoms with Crippen LogP contribution < -0.4 is 4.74 Å². The van der Waals surface area contributed by atoms with Crippen LogP contribution in [0.25, 0.3) is 0 Å². The maximum absolute atomic E-state index is 5.66. The highest BCUT2D eigenvalue weighted by atomic mass is 35.5. The molecule has 1 aromatic rings. The van der Waals surface area contributed by atoms with Gasteiger partial charge in [-0.1, -0.05) is 0 Å². The zero-order chi connectivity index (χ0) is 9.80. The molecule has 0 bridgehead atoms. The second-order valence-corrected chi connectivity index (χ2v) is 3.78. The highest BCUT2D eigenvalue weighted by Crippen LogP contribution is 2.16. The van der Waals surface area contributed by atoms with Crippen LogP contribution in [0.2, 0.25) is 0 Å². The van der Waals surface area contributed by atoms with Gasteiger partial charge in [-0.05, 0) is 38.6 Å². The number of rotatable bonds is 3. The molecule has 1 aliphatic rings. The van der Waals surface area contributed by atoms with E-state index in [1.807, 2.05) is 12.1 Å². The van der Waals surface area contributed by atoms with Crippen molar-refractivity contribution in [2.24, 2.45) is 0 Å². The van der Waals surface area contributed by atoms with Gasteiger partial charge in [0.1, 0.15) is 12.4 Å². The van der Waals surface area contributed by atoms with E-state index in [-0.39, 0.29) is 12.4 Å². The van der Waals surface area contributed by atoms with Gasteiger partial charge in [0.15, 0.2) is 0 Å². The van der Waals surface area contributed by atoms with Crippen molar-refractivity contribution in [1.82, 2.24) is 9.88 Å². The standard InChI is InChI=1S/C11H16N2O.ClH/c1-13-7-3-4-10(13)9-14-11-5-2-6-12-8-11;/h2,5-6,8,10H,3-4,7,9H2,1H3;1H/t10-;/m1./s1. The van der Waals surface area contributed by atoms with Crippen molar-refractivity contribution in [3.63, 3.8) is 0 Å². The molecule has 0 radical (unpaired) electrons. The summed E-state index contributed by atoms with van der Waals surface area (Å²) in [6.07, 6.45) is 6.05. The molecular weight excluding hydrogens is 212 g/mol. The predicted molar refractivity (Wildman–Crippen MR) is 62.6 cm³/mol. The second kappa shape index (κ2) is 5.93. The molecule has 1 saturated heterocycles. The first kappa shape index (κ1) is 12.3. The van der Waals surface area contributed by atoms with Crippen LogP contribution in [0.15, 0.2) is 24.5 Å². The maximum atomic E-state index is 5.66. The fourth-order valence-corrected chi connectivity index (χ4v) is 1.81. The van der Waals surface area contributed by atoms with Crippen molar-refractivity contribution in [2.75, 3.05) is 20.2 Å². The number of ether oxygens (including phenoxy) is 1. The van der Waals surface area contributed by atoms with E-state index in [2.05, 4.69) is 16.9 Å². The minimum atomic E-state index is 0. The minimum absolute atomic E-state index is 0. The Morgan fingerprint density at radius 3 is 3.07 bits per heavy atom. The molecule has 15 heavy (non-hydrogen) atoms. The Balaban J connectivity index is 0.00000112. The fraction of sp³-hybridized carbons (Fsp3) is 0.545. The van der Waals surface area contributed by atoms with Crippen LogP contribution in [0.1, 0.15) is 12.8 Å². The third kappa shape index (κ3) is 3.36. The molecular formula is C11H17ClN2O. The van der Waals surface area contributed by atoms with Crippen LogP contribution in [-0.4, -0.2) is 36.1 Å². The quantitative estimate of drug-likeness (QED) is 0.791. The van der Waals surface area contributed by atoms with Crippen LogP contribution in [0.3, 0.4) is 0 Å². The average Bonchev–Trinajstić information content (AvgIpc) is 2.63. The van der Waals surface area contributed by atoms with Gasteiger partial charge in [-0.15, -0.1) is 12.4 Å². The lowest BCUT2D eigenvalue weighted by Crippen LogP contribution is -2.30. The summed E-state index contributed by atoms with van der Waals surface area (Å²) >= 11 is 0. The van der Waals surface area contributed by atoms with Crippen molar-refractivity contribution in [3.8, 4) is 5.75 Å². The van der Waals surface area contributed by atoms with Crippen molar-refractivity contribution < 1.29 is 4.74 Å². The Morgan fingerprint density at radius 1 is 1.60 bits per heavy atom. The molecule has 0 aromatic carbocycles. The van der Waals surface area contributed by atoms with Crippen LogP contribution in [0, 0.1) is 0 Å². The number of likely N-dealkylation sites (N-methyl/N-ethyl adjacent to an activating group) is 1. The van der Waals surface area contributed by atoms with E-state index in [4.69, 9.17) is 4.74 Å². The molecule has 1 atom stereocenters. The van der Waals surface area contributed by atoms with Crippen LogP contribution in [0.5, 0.6) is 5.75 Å². The topological polar surface area (TPSA) is 25.4 Å². The molecule has 2 heterocycles. The van der Waals surface area contributed by atoms with E-state index in [9.17, 15) is 0 Å². The molecule has 0 N–H and O–H groups in total. The first-order chi connectivity index (χ1) is 6.86. The van der Waals surface area contributed by atoms with E-state index in [1.165, 1.54) is 19.4 Å². The number of likely N-dealkylation sites (tertiary alicyclic amines) is 1. The number of hydrogen-bond donors (Lipinski definition) is 0. The number of pyridine rings is 1. The third-order valence-corrected chi connectivity index (χ3v) is 2.75. The average molecular weight is 229 g/mol. The Hall–Kier alpha value is -0.800. The molecule has 84 valence electrons. The maximum Gasteiger partial charge on any atom is 0.137 e. The summed E-state index contributed by atoms with van der Waals surface area (Å²) in [6.45, 7) is 1.98. The number of halogens is 1. The zero-order valence-corrected chi connectivity index (χ0v) is 9.74. The number of aromatic nitrogens is 1. The van der Waals surface area contributed by atoms with E-state index in [0.717, 1.165) is 12.4 Å². The van der Waals surface area contributed by atoms with Crippen molar-refractivity contribution >= 4 is 12.4 Å². The molecule has 0 saturated carbocycles. The number of hydrogen-bond acceptors (Lipinski definition) is 3. The molecule has 2 rings (SSSR count). The van der Waals surface area contributed by atoms with Crippen molar-refractivity contribution in [2.45, 2.75) is 18.9 Å². The molecule has 4 heteroatoms. The van der Waals surface area contributed by atoms with Gasteiger partial charge in [0, 0.05) is 12.2 Å². The van der Waals surface area contributed by atoms with Gasteiger partial charge in [0.05, 0.1) is 6.20 Å². The normalized spacial score (nSPS) is 21.0.